The number of halogens is 1. The topological polar surface area (TPSA) is 70.6 Å². The summed E-state index contributed by atoms with van der Waals surface area (Å²) in [6.45, 7) is -0.287. The Morgan fingerprint density at radius 3 is 2.06 bits per heavy atom. The Labute approximate surface area is 203 Å². The lowest BCUT2D eigenvalue weighted by molar-refractivity contribution is -0.120. The molecule has 0 bridgehead atoms. The van der Waals surface area contributed by atoms with Gasteiger partial charge in [0, 0.05) is 12.0 Å². The molecule has 0 saturated carbocycles. The van der Waals surface area contributed by atoms with Crippen molar-refractivity contribution in [3.8, 4) is 11.1 Å². The van der Waals surface area contributed by atoms with Gasteiger partial charge in [-0.2, -0.15) is 5.10 Å². The van der Waals surface area contributed by atoms with E-state index in [0.29, 0.717) is 12.1 Å². The summed E-state index contributed by atoms with van der Waals surface area (Å²) in [4.78, 5) is 24.5. The van der Waals surface area contributed by atoms with Gasteiger partial charge in [0.05, 0.1) is 12.3 Å². The Morgan fingerprint density at radius 2 is 1.37 bits per heavy atom. The van der Waals surface area contributed by atoms with Crippen molar-refractivity contribution in [1.82, 2.24) is 10.7 Å². The molecule has 0 heterocycles. The first-order valence-electron chi connectivity index (χ1n) is 11.2. The molecule has 4 rings (SSSR count). The molecule has 174 valence electrons. The second-order valence-electron chi connectivity index (χ2n) is 7.89. The second-order valence-corrected chi connectivity index (χ2v) is 7.89. The quantitative estimate of drug-likeness (QED) is 0.284. The fraction of sp³-hybridized carbons (Fsp3) is 0.0690. The van der Waals surface area contributed by atoms with E-state index in [1.54, 1.807) is 0 Å². The van der Waals surface area contributed by atoms with Crippen molar-refractivity contribution in [1.29, 1.82) is 0 Å². The first-order valence-corrected chi connectivity index (χ1v) is 11.2. The molecule has 35 heavy (non-hydrogen) atoms. The summed E-state index contributed by atoms with van der Waals surface area (Å²) in [5.74, 6) is -1.54. The minimum atomic E-state index is -0.537. The van der Waals surface area contributed by atoms with Crippen LogP contribution in [-0.4, -0.2) is 24.1 Å². The molecule has 4 aromatic carbocycles. The van der Waals surface area contributed by atoms with Gasteiger partial charge in [0.25, 0.3) is 11.8 Å². The zero-order valence-corrected chi connectivity index (χ0v) is 18.9. The summed E-state index contributed by atoms with van der Waals surface area (Å²) in [6, 6.07) is 33.2. The van der Waals surface area contributed by atoms with Gasteiger partial charge < -0.3 is 5.32 Å². The minimum Gasteiger partial charge on any atom is -0.343 e. The smallest absolute Gasteiger partial charge is 0.259 e. The highest BCUT2D eigenvalue weighted by Gasteiger charge is 2.11. The molecular weight excluding hydrogens is 441 g/mol. The van der Waals surface area contributed by atoms with Crippen LogP contribution in [0.3, 0.4) is 0 Å². The van der Waals surface area contributed by atoms with E-state index in [4.69, 9.17) is 0 Å². The van der Waals surface area contributed by atoms with Crippen LogP contribution in [0.1, 0.15) is 21.5 Å². The molecule has 5 nitrogen and oxygen atoms in total. The van der Waals surface area contributed by atoms with Crippen LogP contribution in [0.25, 0.3) is 11.1 Å². The number of rotatable bonds is 8. The Bertz CT molecular complexity index is 1320. The van der Waals surface area contributed by atoms with E-state index in [-0.39, 0.29) is 12.1 Å². The molecule has 2 N–H and O–H groups in total. The van der Waals surface area contributed by atoms with Gasteiger partial charge >= 0.3 is 0 Å². The minimum absolute atomic E-state index is 0.143. The van der Waals surface area contributed by atoms with Crippen LogP contribution >= 0.6 is 0 Å². The number of hydrogen-bond donors (Lipinski definition) is 2. The SMILES string of the molecule is O=C(CNC(=O)c1cccc(F)c1)NN=C(Cc1ccccc1)c1ccc(-c2ccccc2)cc1. The van der Waals surface area contributed by atoms with Crippen LogP contribution in [-0.2, 0) is 11.2 Å². The summed E-state index contributed by atoms with van der Waals surface area (Å²) < 4.78 is 13.3. The van der Waals surface area contributed by atoms with Crippen molar-refractivity contribution in [2.24, 2.45) is 5.10 Å². The standard InChI is InChI=1S/C29H24FN3O2/c30-26-13-7-12-25(19-26)29(35)31-20-28(34)33-32-27(18-21-8-3-1-4-9-21)24-16-14-23(15-17-24)22-10-5-2-6-11-22/h1-17,19H,18,20H2,(H,31,35)(H,33,34). The molecule has 0 aliphatic heterocycles. The van der Waals surface area contributed by atoms with Crippen molar-refractivity contribution in [3.05, 3.63) is 132 Å². The predicted molar refractivity (Wildman–Crippen MR) is 135 cm³/mol. The average molecular weight is 466 g/mol. The predicted octanol–water partition coefficient (Wildman–Crippen LogP) is 4.99. The van der Waals surface area contributed by atoms with Gasteiger partial charge in [0.15, 0.2) is 0 Å². The van der Waals surface area contributed by atoms with Crippen LogP contribution < -0.4 is 10.7 Å². The molecule has 4 aromatic rings. The molecule has 6 heteroatoms. The molecule has 0 saturated heterocycles. The number of amides is 2. The number of nitrogens with zero attached hydrogens (tertiary/aromatic N) is 1. The van der Waals surface area contributed by atoms with Gasteiger partial charge in [-0.15, -0.1) is 0 Å². The summed E-state index contributed by atoms with van der Waals surface area (Å²) in [6.07, 6.45) is 0.515. The highest BCUT2D eigenvalue weighted by atomic mass is 19.1. The largest absolute Gasteiger partial charge is 0.343 e. The van der Waals surface area contributed by atoms with Gasteiger partial charge in [-0.25, -0.2) is 9.82 Å². The molecule has 0 spiro atoms. The van der Waals surface area contributed by atoms with Crippen LogP contribution in [0.2, 0.25) is 0 Å². The zero-order chi connectivity index (χ0) is 24.5. The number of hydrogen-bond acceptors (Lipinski definition) is 3. The Hall–Kier alpha value is -4.58. The van der Waals surface area contributed by atoms with Gasteiger partial charge in [0.2, 0.25) is 0 Å². The second kappa shape index (κ2) is 11.5. The third kappa shape index (κ3) is 6.71. The molecule has 0 unspecified atom stereocenters. The van der Waals surface area contributed by atoms with Crippen molar-refractivity contribution < 1.29 is 14.0 Å². The van der Waals surface area contributed by atoms with Crippen molar-refractivity contribution in [3.63, 3.8) is 0 Å². The highest BCUT2D eigenvalue weighted by molar-refractivity contribution is 6.03. The summed E-state index contributed by atoms with van der Waals surface area (Å²) in [5, 5.41) is 6.84. The maximum atomic E-state index is 13.3. The van der Waals surface area contributed by atoms with E-state index >= 15 is 0 Å². The molecular formula is C29H24FN3O2. The monoisotopic (exact) mass is 465 g/mol. The third-order valence-electron chi connectivity index (χ3n) is 5.35. The molecule has 0 radical (unpaired) electrons. The van der Waals surface area contributed by atoms with Crippen molar-refractivity contribution >= 4 is 17.5 Å². The van der Waals surface area contributed by atoms with Crippen LogP contribution in [0.15, 0.2) is 114 Å². The normalized spacial score (nSPS) is 11.1. The summed E-state index contributed by atoms with van der Waals surface area (Å²) in [5.41, 5.74) is 7.47. The van der Waals surface area contributed by atoms with E-state index < -0.39 is 17.6 Å². The van der Waals surface area contributed by atoms with E-state index in [2.05, 4.69) is 15.8 Å². The third-order valence-corrected chi connectivity index (χ3v) is 5.35. The maximum absolute atomic E-state index is 13.3. The maximum Gasteiger partial charge on any atom is 0.259 e. The Balaban J connectivity index is 1.46. The average Bonchev–Trinajstić information content (AvgIpc) is 2.91. The zero-order valence-electron chi connectivity index (χ0n) is 18.9. The van der Waals surface area contributed by atoms with Crippen molar-refractivity contribution in [2.75, 3.05) is 6.54 Å². The number of benzene rings is 4. The first-order chi connectivity index (χ1) is 17.1. The lowest BCUT2D eigenvalue weighted by Gasteiger charge is -2.10. The Kier molecular flexibility index (Phi) is 7.76. The van der Waals surface area contributed by atoms with Crippen LogP contribution in [0, 0.1) is 5.82 Å². The number of hydrazone groups is 1. The van der Waals surface area contributed by atoms with Crippen molar-refractivity contribution in [2.45, 2.75) is 6.42 Å². The van der Waals surface area contributed by atoms with Gasteiger partial charge in [-0.05, 0) is 40.5 Å². The van der Waals surface area contributed by atoms with Crippen LogP contribution in [0.4, 0.5) is 4.39 Å². The molecule has 0 aliphatic rings. The highest BCUT2D eigenvalue weighted by Crippen LogP contribution is 2.20. The fourth-order valence-corrected chi connectivity index (χ4v) is 3.54. The number of carbonyl (C=O) groups is 2. The van der Waals surface area contributed by atoms with Gasteiger partial charge in [0.1, 0.15) is 5.82 Å². The van der Waals surface area contributed by atoms with Gasteiger partial charge in [-0.3, -0.25) is 9.59 Å². The molecule has 0 atom stereocenters. The summed E-state index contributed by atoms with van der Waals surface area (Å²) >= 11 is 0. The Morgan fingerprint density at radius 1 is 0.714 bits per heavy atom. The van der Waals surface area contributed by atoms with Gasteiger partial charge in [-0.1, -0.05) is 91.0 Å². The van der Waals surface area contributed by atoms with E-state index in [9.17, 15) is 14.0 Å². The first kappa shape index (κ1) is 23.6. The molecule has 0 aliphatic carbocycles. The summed E-state index contributed by atoms with van der Waals surface area (Å²) in [7, 11) is 0. The van der Waals surface area contributed by atoms with E-state index in [1.165, 1.54) is 18.2 Å². The molecule has 2 amide bonds. The molecule has 0 fully saturated rings. The number of carbonyl (C=O) groups excluding carboxylic acids is 2. The lowest BCUT2D eigenvalue weighted by Crippen LogP contribution is -2.35. The van der Waals surface area contributed by atoms with E-state index in [0.717, 1.165) is 28.3 Å². The fourth-order valence-electron chi connectivity index (χ4n) is 3.54. The molecule has 0 aromatic heterocycles. The number of nitrogens with one attached hydrogen (secondary N) is 2. The lowest BCUT2D eigenvalue weighted by atomic mass is 9.99. The van der Waals surface area contributed by atoms with Crippen LogP contribution in [0.5, 0.6) is 0 Å². The van der Waals surface area contributed by atoms with E-state index in [1.807, 2.05) is 84.9 Å².